The maximum Gasteiger partial charge on any atom is 0.160 e. The molecule has 0 atom stereocenters. The lowest BCUT2D eigenvalue weighted by atomic mass is 9.97. The fraction of sp³-hybridized carbons (Fsp3) is 0. The van der Waals surface area contributed by atoms with E-state index in [2.05, 4.69) is 168 Å². The van der Waals surface area contributed by atoms with Gasteiger partial charge in [0.15, 0.2) is 5.82 Å². The molecule has 0 spiro atoms. The van der Waals surface area contributed by atoms with Crippen LogP contribution in [0.15, 0.2) is 188 Å². The molecule has 0 aliphatic carbocycles. The molecular formula is C50H31N3S. The van der Waals surface area contributed by atoms with Gasteiger partial charge in [-0.15, -0.1) is 11.3 Å². The highest BCUT2D eigenvalue weighted by molar-refractivity contribution is 7.27. The first kappa shape index (κ1) is 30.7. The van der Waals surface area contributed by atoms with Crippen LogP contribution in [-0.2, 0) is 0 Å². The SMILES string of the molecule is c1ccc(-c2ccc3c(c2)c2c4ccccc4c4c5ccccc5sc4c2n3-c2ccc(-c3cc(-c4ccccc4)nc(-c4ccccc4)n3)cc2)cc1. The number of rotatable bonds is 5. The molecule has 0 amide bonds. The second-order valence-corrected chi connectivity index (χ2v) is 14.8. The number of aromatic nitrogens is 3. The van der Waals surface area contributed by atoms with Crippen LogP contribution in [0.5, 0.6) is 0 Å². The van der Waals surface area contributed by atoms with Gasteiger partial charge in [-0.3, -0.25) is 0 Å². The standard InChI is InChI=1S/C50H31N3S/c1-4-14-32(15-5-1)36-26-29-44-41(30-36)46-38-20-10-11-21-39(38)47-40-22-12-13-23-45(40)54-49(47)48(46)53(44)37-27-24-34(25-28-37)43-31-42(33-16-6-2-7-17-33)51-50(52-43)35-18-8-3-9-19-35/h1-31H. The van der Waals surface area contributed by atoms with Crippen molar-refractivity contribution in [1.29, 1.82) is 0 Å². The average Bonchev–Trinajstić information content (AvgIpc) is 3.81. The maximum atomic E-state index is 5.11. The smallest absolute Gasteiger partial charge is 0.160 e. The molecule has 0 saturated carbocycles. The minimum absolute atomic E-state index is 0.715. The molecule has 3 nitrogen and oxygen atoms in total. The number of benzene rings is 8. The minimum Gasteiger partial charge on any atom is -0.308 e. The van der Waals surface area contributed by atoms with Gasteiger partial charge in [-0.1, -0.05) is 152 Å². The van der Waals surface area contributed by atoms with Gasteiger partial charge in [-0.2, -0.15) is 0 Å². The van der Waals surface area contributed by atoms with Gasteiger partial charge >= 0.3 is 0 Å². The van der Waals surface area contributed by atoms with Gasteiger partial charge < -0.3 is 4.57 Å². The Bertz CT molecular complexity index is 3120. The molecule has 0 bridgehead atoms. The summed E-state index contributed by atoms with van der Waals surface area (Å²) in [5.74, 6) is 0.715. The van der Waals surface area contributed by atoms with Gasteiger partial charge in [0.2, 0.25) is 0 Å². The summed E-state index contributed by atoms with van der Waals surface area (Å²) in [4.78, 5) is 10.1. The predicted octanol–water partition coefficient (Wildman–Crippen LogP) is 13.8. The fourth-order valence-corrected chi connectivity index (χ4v) is 9.36. The van der Waals surface area contributed by atoms with Crippen LogP contribution in [0.2, 0.25) is 0 Å². The Labute approximate surface area is 316 Å². The third-order valence-electron chi connectivity index (χ3n) is 10.6. The molecule has 8 aromatic carbocycles. The molecule has 54 heavy (non-hydrogen) atoms. The van der Waals surface area contributed by atoms with Crippen molar-refractivity contribution >= 4 is 64.1 Å². The van der Waals surface area contributed by atoms with Crippen molar-refractivity contribution in [3.63, 3.8) is 0 Å². The molecule has 0 fully saturated rings. The molecule has 11 rings (SSSR count). The lowest BCUT2D eigenvalue weighted by Gasteiger charge is -2.12. The zero-order valence-corrected chi connectivity index (χ0v) is 30.0. The van der Waals surface area contributed by atoms with E-state index in [0.717, 1.165) is 33.8 Å². The molecule has 0 aliphatic heterocycles. The van der Waals surface area contributed by atoms with Crippen molar-refractivity contribution in [2.75, 3.05) is 0 Å². The van der Waals surface area contributed by atoms with E-state index >= 15 is 0 Å². The quantitative estimate of drug-likeness (QED) is 0.178. The number of nitrogens with zero attached hydrogens (tertiary/aromatic N) is 3. The van der Waals surface area contributed by atoms with Crippen molar-refractivity contribution in [2.45, 2.75) is 0 Å². The van der Waals surface area contributed by atoms with E-state index < -0.39 is 0 Å². The molecule has 0 aliphatic rings. The molecular weight excluding hydrogens is 675 g/mol. The minimum atomic E-state index is 0.715. The van der Waals surface area contributed by atoms with E-state index in [1.54, 1.807) is 0 Å². The molecule has 0 unspecified atom stereocenters. The van der Waals surface area contributed by atoms with E-state index in [1.165, 1.54) is 63.9 Å². The highest BCUT2D eigenvalue weighted by Gasteiger charge is 2.22. The van der Waals surface area contributed by atoms with Gasteiger partial charge in [-0.25, -0.2) is 9.97 Å². The van der Waals surface area contributed by atoms with Crippen LogP contribution >= 0.6 is 11.3 Å². The Morgan fingerprint density at radius 1 is 0.389 bits per heavy atom. The first-order valence-corrected chi connectivity index (χ1v) is 19.1. The second-order valence-electron chi connectivity index (χ2n) is 13.7. The third-order valence-corrected chi connectivity index (χ3v) is 11.8. The zero-order valence-electron chi connectivity index (χ0n) is 29.1. The third kappa shape index (κ3) is 4.88. The summed E-state index contributed by atoms with van der Waals surface area (Å²) in [7, 11) is 0. The largest absolute Gasteiger partial charge is 0.308 e. The Morgan fingerprint density at radius 2 is 0.926 bits per heavy atom. The van der Waals surface area contributed by atoms with Crippen molar-refractivity contribution in [3.05, 3.63) is 188 Å². The molecule has 4 heteroatoms. The first-order valence-electron chi connectivity index (χ1n) is 18.2. The summed E-state index contributed by atoms with van der Waals surface area (Å²) in [6.45, 7) is 0. The molecule has 11 aromatic rings. The van der Waals surface area contributed by atoms with Crippen LogP contribution in [0.4, 0.5) is 0 Å². The second kappa shape index (κ2) is 12.4. The van der Waals surface area contributed by atoms with E-state index in [1.807, 2.05) is 35.6 Å². The Kier molecular flexibility index (Phi) is 7.04. The van der Waals surface area contributed by atoms with Gasteiger partial charge in [0.1, 0.15) is 0 Å². The van der Waals surface area contributed by atoms with Crippen LogP contribution in [0.25, 0.3) is 103 Å². The molecule has 3 aromatic heterocycles. The van der Waals surface area contributed by atoms with Crippen molar-refractivity contribution in [3.8, 4) is 50.7 Å². The highest BCUT2D eigenvalue weighted by Crippen LogP contribution is 2.48. The fourth-order valence-electron chi connectivity index (χ4n) is 8.11. The van der Waals surface area contributed by atoms with Crippen molar-refractivity contribution in [2.24, 2.45) is 0 Å². The normalized spacial score (nSPS) is 11.7. The lowest BCUT2D eigenvalue weighted by molar-refractivity contribution is 1.17. The van der Waals surface area contributed by atoms with Crippen molar-refractivity contribution < 1.29 is 0 Å². The first-order chi connectivity index (χ1) is 26.8. The van der Waals surface area contributed by atoms with Crippen molar-refractivity contribution in [1.82, 2.24) is 14.5 Å². The highest BCUT2D eigenvalue weighted by atomic mass is 32.1. The van der Waals surface area contributed by atoms with Crippen LogP contribution in [0.3, 0.4) is 0 Å². The van der Waals surface area contributed by atoms with Gasteiger partial charge in [0.25, 0.3) is 0 Å². The monoisotopic (exact) mass is 705 g/mol. The number of hydrogen-bond donors (Lipinski definition) is 0. The average molecular weight is 706 g/mol. The summed E-state index contributed by atoms with van der Waals surface area (Å²) >= 11 is 1.89. The summed E-state index contributed by atoms with van der Waals surface area (Å²) in [6.07, 6.45) is 0. The van der Waals surface area contributed by atoms with E-state index in [9.17, 15) is 0 Å². The molecule has 0 N–H and O–H groups in total. The van der Waals surface area contributed by atoms with Gasteiger partial charge in [-0.05, 0) is 58.3 Å². The van der Waals surface area contributed by atoms with E-state index in [4.69, 9.17) is 9.97 Å². The summed E-state index contributed by atoms with van der Waals surface area (Å²) in [5.41, 5.74) is 10.9. The molecule has 3 heterocycles. The van der Waals surface area contributed by atoms with Crippen LogP contribution in [-0.4, -0.2) is 14.5 Å². The van der Waals surface area contributed by atoms with Crippen LogP contribution < -0.4 is 0 Å². The van der Waals surface area contributed by atoms with Gasteiger partial charge in [0, 0.05) is 48.6 Å². The Hall–Kier alpha value is -6.88. The van der Waals surface area contributed by atoms with Crippen LogP contribution in [0, 0.1) is 0 Å². The Balaban J connectivity index is 1.17. The summed E-state index contributed by atoms with van der Waals surface area (Å²) < 4.78 is 5.09. The topological polar surface area (TPSA) is 30.7 Å². The number of hydrogen-bond acceptors (Lipinski definition) is 3. The van der Waals surface area contributed by atoms with Crippen LogP contribution in [0.1, 0.15) is 0 Å². The van der Waals surface area contributed by atoms with E-state index in [0.29, 0.717) is 5.82 Å². The molecule has 0 saturated heterocycles. The molecule has 252 valence electrons. The number of thiophene rings is 1. The Morgan fingerprint density at radius 3 is 1.61 bits per heavy atom. The maximum absolute atomic E-state index is 5.11. The predicted molar refractivity (Wildman–Crippen MR) is 229 cm³/mol. The summed E-state index contributed by atoms with van der Waals surface area (Å²) in [5, 5.41) is 7.74. The van der Waals surface area contributed by atoms with E-state index in [-0.39, 0.29) is 0 Å². The summed E-state index contributed by atoms with van der Waals surface area (Å²) in [6, 6.07) is 67.1. The molecule has 0 radical (unpaired) electrons. The van der Waals surface area contributed by atoms with Gasteiger partial charge in [0.05, 0.1) is 27.1 Å². The zero-order chi connectivity index (χ0) is 35.6. The number of fused-ring (bicyclic) bond motifs is 10. The lowest BCUT2D eigenvalue weighted by Crippen LogP contribution is -1.97.